The van der Waals surface area contributed by atoms with Crippen molar-refractivity contribution in [2.75, 3.05) is 19.8 Å². The number of hydrogen-bond donors (Lipinski definition) is 2. The molecule has 0 radical (unpaired) electrons. The van der Waals surface area contributed by atoms with Gasteiger partial charge in [-0.3, -0.25) is 4.79 Å². The first-order valence-electron chi connectivity index (χ1n) is 8.15. The summed E-state index contributed by atoms with van der Waals surface area (Å²) in [6.07, 6.45) is 2.64. The molecular weight excluding hydrogens is 360 g/mol. The molecule has 1 aromatic carbocycles. The number of carbonyl (C=O) groups excluding carboxylic acids is 1. The SMILES string of the molecule is CCOc1cc(Br)c(CC(=O)NCC(N)C2CC2)cc1OCC. The van der Waals surface area contributed by atoms with Gasteiger partial charge >= 0.3 is 0 Å². The highest BCUT2D eigenvalue weighted by molar-refractivity contribution is 9.10. The molecular formula is C17H25BrN2O3. The minimum atomic E-state index is -0.0339. The summed E-state index contributed by atoms with van der Waals surface area (Å²) in [6.45, 7) is 5.49. The molecule has 1 aliphatic rings. The number of rotatable bonds is 9. The van der Waals surface area contributed by atoms with Crippen molar-refractivity contribution >= 4 is 21.8 Å². The summed E-state index contributed by atoms with van der Waals surface area (Å²) in [7, 11) is 0. The maximum Gasteiger partial charge on any atom is 0.224 e. The second kappa shape index (κ2) is 8.55. The second-order valence-corrected chi connectivity index (χ2v) is 6.59. The monoisotopic (exact) mass is 384 g/mol. The number of ether oxygens (including phenoxy) is 2. The fourth-order valence-corrected chi connectivity index (χ4v) is 2.87. The molecule has 1 unspecified atom stereocenters. The molecule has 23 heavy (non-hydrogen) atoms. The van der Waals surface area contributed by atoms with Crippen molar-refractivity contribution in [3.8, 4) is 11.5 Å². The van der Waals surface area contributed by atoms with Crippen molar-refractivity contribution in [1.29, 1.82) is 0 Å². The summed E-state index contributed by atoms with van der Waals surface area (Å²) in [5.41, 5.74) is 6.88. The molecule has 0 aromatic heterocycles. The van der Waals surface area contributed by atoms with Crippen LogP contribution < -0.4 is 20.5 Å². The Morgan fingerprint density at radius 2 is 1.91 bits per heavy atom. The predicted molar refractivity (Wildman–Crippen MR) is 93.9 cm³/mol. The topological polar surface area (TPSA) is 73.6 Å². The molecule has 1 fully saturated rings. The molecule has 1 saturated carbocycles. The number of amides is 1. The van der Waals surface area contributed by atoms with Gasteiger partial charge in [-0.1, -0.05) is 15.9 Å². The van der Waals surface area contributed by atoms with Crippen LogP contribution in [0.3, 0.4) is 0 Å². The van der Waals surface area contributed by atoms with E-state index in [-0.39, 0.29) is 18.4 Å². The van der Waals surface area contributed by atoms with E-state index in [2.05, 4.69) is 21.2 Å². The maximum atomic E-state index is 12.1. The highest BCUT2D eigenvalue weighted by atomic mass is 79.9. The fraction of sp³-hybridized carbons (Fsp3) is 0.588. The Morgan fingerprint density at radius 3 is 2.48 bits per heavy atom. The largest absolute Gasteiger partial charge is 0.490 e. The van der Waals surface area contributed by atoms with Crippen LogP contribution in [0, 0.1) is 5.92 Å². The van der Waals surface area contributed by atoms with Crippen LogP contribution in [0.5, 0.6) is 11.5 Å². The normalized spacial score (nSPS) is 15.1. The first-order valence-corrected chi connectivity index (χ1v) is 8.94. The number of hydrogen-bond acceptors (Lipinski definition) is 4. The van der Waals surface area contributed by atoms with Gasteiger partial charge in [-0.25, -0.2) is 0 Å². The maximum absolute atomic E-state index is 12.1. The van der Waals surface area contributed by atoms with Crippen LogP contribution in [0.2, 0.25) is 0 Å². The Morgan fingerprint density at radius 1 is 1.30 bits per heavy atom. The number of nitrogens with two attached hydrogens (primary N) is 1. The molecule has 5 nitrogen and oxygen atoms in total. The molecule has 0 spiro atoms. The second-order valence-electron chi connectivity index (χ2n) is 5.74. The lowest BCUT2D eigenvalue weighted by atomic mass is 10.1. The molecule has 1 aromatic rings. The van der Waals surface area contributed by atoms with Crippen LogP contribution >= 0.6 is 15.9 Å². The standard InChI is InChI=1S/C17H25BrN2O3/c1-3-22-15-7-12(13(18)9-16(15)23-4-2)8-17(21)20-10-14(19)11-5-6-11/h7,9,11,14H,3-6,8,10,19H2,1-2H3,(H,20,21). The van der Waals surface area contributed by atoms with Gasteiger partial charge in [0.15, 0.2) is 11.5 Å². The Hall–Kier alpha value is -1.27. The van der Waals surface area contributed by atoms with Crippen LogP contribution in [0.15, 0.2) is 16.6 Å². The fourth-order valence-electron chi connectivity index (χ4n) is 2.41. The van der Waals surface area contributed by atoms with Gasteiger partial charge in [0.1, 0.15) is 0 Å². The zero-order chi connectivity index (χ0) is 16.8. The zero-order valence-electron chi connectivity index (χ0n) is 13.7. The highest BCUT2D eigenvalue weighted by Crippen LogP contribution is 2.34. The molecule has 2 rings (SSSR count). The van der Waals surface area contributed by atoms with Crippen molar-refractivity contribution in [1.82, 2.24) is 5.32 Å². The Bertz CT molecular complexity index is 547. The molecule has 1 aliphatic carbocycles. The molecule has 0 saturated heterocycles. The van der Waals surface area contributed by atoms with E-state index in [0.717, 1.165) is 10.0 Å². The van der Waals surface area contributed by atoms with Gasteiger partial charge in [0.05, 0.1) is 19.6 Å². The first kappa shape index (κ1) is 18.1. The van der Waals surface area contributed by atoms with Crippen molar-refractivity contribution in [2.24, 2.45) is 11.7 Å². The summed E-state index contributed by atoms with van der Waals surface area (Å²) in [4.78, 5) is 12.1. The van der Waals surface area contributed by atoms with Crippen molar-refractivity contribution in [3.63, 3.8) is 0 Å². The average molecular weight is 385 g/mol. The summed E-state index contributed by atoms with van der Waals surface area (Å²) in [5.74, 6) is 1.89. The van der Waals surface area contributed by atoms with Gasteiger partial charge in [0.25, 0.3) is 0 Å². The van der Waals surface area contributed by atoms with Crippen LogP contribution in [-0.4, -0.2) is 31.7 Å². The van der Waals surface area contributed by atoms with Gasteiger partial charge in [-0.05, 0) is 50.3 Å². The van der Waals surface area contributed by atoms with Gasteiger partial charge < -0.3 is 20.5 Å². The first-order chi connectivity index (χ1) is 11.0. The molecule has 0 heterocycles. The smallest absolute Gasteiger partial charge is 0.224 e. The highest BCUT2D eigenvalue weighted by Gasteiger charge is 2.28. The number of carbonyl (C=O) groups is 1. The van der Waals surface area contributed by atoms with Gasteiger partial charge in [-0.15, -0.1) is 0 Å². The zero-order valence-corrected chi connectivity index (χ0v) is 15.3. The lowest BCUT2D eigenvalue weighted by molar-refractivity contribution is -0.120. The molecule has 0 aliphatic heterocycles. The molecule has 128 valence electrons. The van der Waals surface area contributed by atoms with E-state index >= 15 is 0 Å². The summed E-state index contributed by atoms with van der Waals surface area (Å²) in [5, 5.41) is 2.91. The van der Waals surface area contributed by atoms with Gasteiger partial charge in [0.2, 0.25) is 5.91 Å². The lowest BCUT2D eigenvalue weighted by Crippen LogP contribution is -2.39. The van der Waals surface area contributed by atoms with Crippen LogP contribution in [-0.2, 0) is 11.2 Å². The quantitative estimate of drug-likeness (QED) is 0.686. The van der Waals surface area contributed by atoms with E-state index in [1.165, 1.54) is 12.8 Å². The third kappa shape index (κ3) is 5.39. The van der Waals surface area contributed by atoms with E-state index in [1.807, 2.05) is 26.0 Å². The third-order valence-corrected chi connectivity index (χ3v) is 4.56. The summed E-state index contributed by atoms with van der Waals surface area (Å²) in [6, 6.07) is 3.79. The van der Waals surface area contributed by atoms with Crippen LogP contribution in [0.4, 0.5) is 0 Å². The van der Waals surface area contributed by atoms with E-state index in [0.29, 0.717) is 37.2 Å². The summed E-state index contributed by atoms with van der Waals surface area (Å²) >= 11 is 3.50. The van der Waals surface area contributed by atoms with Crippen molar-refractivity contribution < 1.29 is 14.3 Å². The summed E-state index contributed by atoms with van der Waals surface area (Å²) < 4.78 is 12.0. The molecule has 0 bridgehead atoms. The van der Waals surface area contributed by atoms with E-state index in [1.54, 1.807) is 0 Å². The van der Waals surface area contributed by atoms with Crippen LogP contribution in [0.1, 0.15) is 32.3 Å². The third-order valence-electron chi connectivity index (χ3n) is 3.83. The molecule has 1 amide bonds. The Labute approximate surface area is 146 Å². The number of nitrogens with one attached hydrogen (secondary N) is 1. The Balaban J connectivity index is 1.99. The van der Waals surface area contributed by atoms with E-state index in [9.17, 15) is 4.79 Å². The number of benzene rings is 1. The van der Waals surface area contributed by atoms with E-state index < -0.39 is 0 Å². The molecule has 6 heteroatoms. The van der Waals surface area contributed by atoms with E-state index in [4.69, 9.17) is 15.2 Å². The lowest BCUT2D eigenvalue weighted by Gasteiger charge is -2.15. The van der Waals surface area contributed by atoms with Gasteiger partial charge in [0, 0.05) is 17.1 Å². The molecule has 1 atom stereocenters. The van der Waals surface area contributed by atoms with Crippen molar-refractivity contribution in [3.05, 3.63) is 22.2 Å². The predicted octanol–water partition coefficient (Wildman–Crippen LogP) is 2.64. The average Bonchev–Trinajstić information content (AvgIpc) is 3.34. The Kier molecular flexibility index (Phi) is 6.72. The number of halogens is 1. The van der Waals surface area contributed by atoms with Crippen LogP contribution in [0.25, 0.3) is 0 Å². The van der Waals surface area contributed by atoms with Crippen molar-refractivity contribution in [2.45, 2.75) is 39.2 Å². The molecule has 3 N–H and O–H groups in total. The minimum Gasteiger partial charge on any atom is -0.490 e. The van der Waals surface area contributed by atoms with Gasteiger partial charge in [-0.2, -0.15) is 0 Å². The minimum absolute atomic E-state index is 0.0339.